The van der Waals surface area contributed by atoms with Crippen molar-refractivity contribution in [2.75, 3.05) is 12.3 Å². The Bertz CT molecular complexity index is 537. The topological polar surface area (TPSA) is 68.0 Å². The second-order valence-electron chi connectivity index (χ2n) is 3.50. The number of nitrogens with two attached hydrogens (primary N) is 1. The molecular weight excluding hydrogens is 202 g/mol. The second-order valence-corrected chi connectivity index (χ2v) is 3.50. The van der Waals surface area contributed by atoms with Gasteiger partial charge in [-0.05, 0) is 36.6 Å². The number of aromatic nitrogens is 1. The van der Waals surface area contributed by atoms with Gasteiger partial charge in [0.15, 0.2) is 0 Å². The van der Waals surface area contributed by atoms with E-state index >= 15 is 0 Å². The van der Waals surface area contributed by atoms with Gasteiger partial charge in [0.2, 0.25) is 0 Å². The summed E-state index contributed by atoms with van der Waals surface area (Å²) >= 11 is 0. The molecule has 0 aliphatic heterocycles. The van der Waals surface area contributed by atoms with E-state index in [1.807, 2.05) is 25.1 Å². The minimum absolute atomic E-state index is 0.155. The number of benzene rings is 1. The molecule has 1 aromatic carbocycles. The molecule has 2 aromatic rings. The van der Waals surface area contributed by atoms with E-state index in [1.165, 1.54) is 0 Å². The van der Waals surface area contributed by atoms with E-state index < -0.39 is 0 Å². The van der Waals surface area contributed by atoms with Crippen LogP contribution in [0.25, 0.3) is 10.8 Å². The van der Waals surface area contributed by atoms with Crippen LogP contribution < -0.4 is 11.1 Å². The number of hydrogen-bond acceptors (Lipinski definition) is 3. The minimum atomic E-state index is -0.155. The number of nitrogens with zero attached hydrogens (tertiary/aromatic N) is 1. The van der Waals surface area contributed by atoms with E-state index in [0.717, 1.165) is 10.8 Å². The van der Waals surface area contributed by atoms with Gasteiger partial charge in [-0.1, -0.05) is 0 Å². The number of anilines is 1. The highest BCUT2D eigenvalue weighted by Crippen LogP contribution is 2.19. The van der Waals surface area contributed by atoms with Gasteiger partial charge in [-0.2, -0.15) is 0 Å². The molecule has 0 aliphatic carbocycles. The Balaban J connectivity index is 2.58. The molecule has 4 nitrogen and oxygen atoms in total. The van der Waals surface area contributed by atoms with Crippen molar-refractivity contribution in [3.05, 3.63) is 36.2 Å². The van der Waals surface area contributed by atoms with Crippen molar-refractivity contribution < 1.29 is 4.79 Å². The number of nitrogen functional groups attached to an aromatic ring is 1. The molecule has 1 amide bonds. The third-order valence-electron chi connectivity index (χ3n) is 2.34. The second kappa shape index (κ2) is 4.18. The van der Waals surface area contributed by atoms with Gasteiger partial charge in [-0.3, -0.25) is 9.78 Å². The normalized spacial score (nSPS) is 10.3. The first kappa shape index (κ1) is 10.4. The molecule has 4 heteroatoms. The fraction of sp³-hybridized carbons (Fsp3) is 0.167. The summed E-state index contributed by atoms with van der Waals surface area (Å²) in [6.45, 7) is 2.47. The monoisotopic (exact) mass is 215 g/mol. The standard InChI is InChI=1S/C12H13N3O/c1-2-14-12(16)11-10-4-3-9(13)7-8(10)5-6-15-11/h3-7H,2,13H2,1H3,(H,14,16). The third kappa shape index (κ3) is 1.82. The fourth-order valence-electron chi connectivity index (χ4n) is 1.62. The summed E-state index contributed by atoms with van der Waals surface area (Å²) in [6, 6.07) is 7.27. The number of rotatable bonds is 2. The Hall–Kier alpha value is -2.10. The first-order valence-corrected chi connectivity index (χ1v) is 5.15. The predicted octanol–water partition coefficient (Wildman–Crippen LogP) is 1.57. The Morgan fingerprint density at radius 2 is 2.25 bits per heavy atom. The third-order valence-corrected chi connectivity index (χ3v) is 2.34. The van der Waals surface area contributed by atoms with Gasteiger partial charge in [-0.15, -0.1) is 0 Å². The summed E-state index contributed by atoms with van der Waals surface area (Å²) in [5, 5.41) is 4.48. The lowest BCUT2D eigenvalue weighted by Gasteiger charge is -2.05. The summed E-state index contributed by atoms with van der Waals surface area (Å²) in [7, 11) is 0. The summed E-state index contributed by atoms with van der Waals surface area (Å²) in [6.07, 6.45) is 1.62. The van der Waals surface area contributed by atoms with Crippen molar-refractivity contribution in [2.24, 2.45) is 0 Å². The van der Waals surface area contributed by atoms with Crippen LogP contribution in [0.4, 0.5) is 5.69 Å². The summed E-state index contributed by atoms with van der Waals surface area (Å²) in [5.74, 6) is -0.155. The van der Waals surface area contributed by atoms with Crippen LogP contribution in [-0.2, 0) is 0 Å². The summed E-state index contributed by atoms with van der Waals surface area (Å²) in [4.78, 5) is 15.8. The smallest absolute Gasteiger partial charge is 0.270 e. The molecule has 1 aromatic heterocycles. The first-order chi connectivity index (χ1) is 7.72. The van der Waals surface area contributed by atoms with E-state index in [4.69, 9.17) is 5.73 Å². The molecule has 0 saturated carbocycles. The summed E-state index contributed by atoms with van der Waals surface area (Å²) < 4.78 is 0. The highest BCUT2D eigenvalue weighted by Gasteiger charge is 2.10. The van der Waals surface area contributed by atoms with Crippen LogP contribution in [-0.4, -0.2) is 17.4 Å². The van der Waals surface area contributed by atoms with E-state index in [1.54, 1.807) is 12.3 Å². The molecule has 0 fully saturated rings. The van der Waals surface area contributed by atoms with Crippen molar-refractivity contribution in [1.82, 2.24) is 10.3 Å². The Kier molecular flexibility index (Phi) is 2.72. The van der Waals surface area contributed by atoms with Gasteiger partial charge in [-0.25, -0.2) is 0 Å². The van der Waals surface area contributed by atoms with Crippen LogP contribution in [0.1, 0.15) is 17.4 Å². The number of pyridine rings is 1. The molecule has 82 valence electrons. The summed E-state index contributed by atoms with van der Waals surface area (Å²) in [5.41, 5.74) is 6.81. The van der Waals surface area contributed by atoms with Crippen LogP contribution in [0.15, 0.2) is 30.5 Å². The van der Waals surface area contributed by atoms with Gasteiger partial charge in [0, 0.05) is 23.8 Å². The van der Waals surface area contributed by atoms with Crippen molar-refractivity contribution in [3.8, 4) is 0 Å². The molecule has 3 N–H and O–H groups in total. The van der Waals surface area contributed by atoms with Crippen LogP contribution in [0.3, 0.4) is 0 Å². The fourth-order valence-corrected chi connectivity index (χ4v) is 1.62. The van der Waals surface area contributed by atoms with E-state index in [0.29, 0.717) is 17.9 Å². The lowest BCUT2D eigenvalue weighted by atomic mass is 10.1. The molecule has 16 heavy (non-hydrogen) atoms. The first-order valence-electron chi connectivity index (χ1n) is 5.15. The number of amides is 1. The molecule has 0 bridgehead atoms. The molecule has 1 heterocycles. The average molecular weight is 215 g/mol. The highest BCUT2D eigenvalue weighted by molar-refractivity contribution is 6.05. The zero-order chi connectivity index (χ0) is 11.5. The van der Waals surface area contributed by atoms with Crippen molar-refractivity contribution in [3.63, 3.8) is 0 Å². The molecule has 0 atom stereocenters. The molecule has 0 radical (unpaired) electrons. The van der Waals surface area contributed by atoms with Crippen molar-refractivity contribution in [1.29, 1.82) is 0 Å². The predicted molar refractivity (Wildman–Crippen MR) is 64.2 cm³/mol. The number of hydrogen-bond donors (Lipinski definition) is 2. The van der Waals surface area contributed by atoms with Gasteiger partial charge in [0.1, 0.15) is 5.69 Å². The van der Waals surface area contributed by atoms with Gasteiger partial charge < -0.3 is 11.1 Å². The SMILES string of the molecule is CCNC(=O)c1nccc2cc(N)ccc12. The Labute approximate surface area is 93.5 Å². The highest BCUT2D eigenvalue weighted by atomic mass is 16.1. The lowest BCUT2D eigenvalue weighted by molar-refractivity contribution is 0.0952. The maximum Gasteiger partial charge on any atom is 0.270 e. The minimum Gasteiger partial charge on any atom is -0.399 e. The van der Waals surface area contributed by atoms with E-state index in [-0.39, 0.29) is 5.91 Å². The zero-order valence-corrected chi connectivity index (χ0v) is 9.03. The van der Waals surface area contributed by atoms with Crippen molar-refractivity contribution >= 4 is 22.4 Å². The van der Waals surface area contributed by atoms with E-state index in [9.17, 15) is 4.79 Å². The molecule has 2 rings (SSSR count). The molecule has 0 unspecified atom stereocenters. The molecular formula is C12H13N3O. The maximum atomic E-state index is 11.7. The van der Waals surface area contributed by atoms with E-state index in [2.05, 4.69) is 10.3 Å². The lowest BCUT2D eigenvalue weighted by Crippen LogP contribution is -2.23. The maximum absolute atomic E-state index is 11.7. The Morgan fingerprint density at radius 3 is 3.00 bits per heavy atom. The van der Waals surface area contributed by atoms with Crippen LogP contribution in [0.2, 0.25) is 0 Å². The Morgan fingerprint density at radius 1 is 1.44 bits per heavy atom. The van der Waals surface area contributed by atoms with Crippen LogP contribution >= 0.6 is 0 Å². The van der Waals surface area contributed by atoms with Crippen molar-refractivity contribution in [2.45, 2.75) is 6.92 Å². The van der Waals surface area contributed by atoms with Crippen LogP contribution in [0.5, 0.6) is 0 Å². The van der Waals surface area contributed by atoms with Gasteiger partial charge in [0.25, 0.3) is 5.91 Å². The van der Waals surface area contributed by atoms with Crippen LogP contribution in [0, 0.1) is 0 Å². The quantitative estimate of drug-likeness (QED) is 0.747. The largest absolute Gasteiger partial charge is 0.399 e. The molecule has 0 saturated heterocycles. The van der Waals surface area contributed by atoms with Gasteiger partial charge >= 0.3 is 0 Å². The molecule has 0 aliphatic rings. The number of fused-ring (bicyclic) bond motifs is 1. The zero-order valence-electron chi connectivity index (χ0n) is 9.03. The number of nitrogens with one attached hydrogen (secondary N) is 1. The van der Waals surface area contributed by atoms with Gasteiger partial charge in [0.05, 0.1) is 0 Å². The molecule has 0 spiro atoms. The number of carbonyl (C=O) groups is 1. The number of carbonyl (C=O) groups excluding carboxylic acids is 1. The average Bonchev–Trinajstić information content (AvgIpc) is 2.28.